The maximum Gasteiger partial charge on any atom is 0.251 e. The topological polar surface area (TPSA) is 72.8 Å². The molecule has 1 aromatic carbocycles. The highest BCUT2D eigenvalue weighted by Gasteiger charge is 2.08. The van der Waals surface area contributed by atoms with Crippen LogP contribution < -0.4 is 10.2 Å². The third-order valence-corrected chi connectivity index (χ3v) is 2.35. The summed E-state index contributed by atoms with van der Waals surface area (Å²) < 4.78 is 0. The lowest BCUT2D eigenvalue weighted by Crippen LogP contribution is -2.33. The molecule has 5 heteroatoms. The van der Waals surface area contributed by atoms with E-state index in [1.807, 2.05) is 31.1 Å². The Bertz CT molecular complexity index is 363. The van der Waals surface area contributed by atoms with E-state index >= 15 is 0 Å². The number of nitrogens with one attached hydrogen (secondary N) is 1. The number of benzene rings is 1. The molecule has 0 heterocycles. The number of rotatable bonds is 5. The first-order valence-corrected chi connectivity index (χ1v) is 5.39. The van der Waals surface area contributed by atoms with Gasteiger partial charge < -0.3 is 20.4 Å². The van der Waals surface area contributed by atoms with Crippen molar-refractivity contribution in [1.82, 2.24) is 5.32 Å². The molecule has 3 N–H and O–H groups in total. The summed E-state index contributed by atoms with van der Waals surface area (Å²) in [6, 6.07) is 7.13. The molecule has 1 rings (SSSR count). The van der Waals surface area contributed by atoms with Crippen LogP contribution in [0.3, 0.4) is 0 Å². The monoisotopic (exact) mass is 238 g/mol. The average Bonchev–Trinajstić information content (AvgIpc) is 2.35. The maximum absolute atomic E-state index is 11.6. The normalized spacial score (nSPS) is 12.0. The van der Waals surface area contributed by atoms with Gasteiger partial charge in [-0.2, -0.15) is 0 Å². The van der Waals surface area contributed by atoms with Gasteiger partial charge in [-0.15, -0.1) is 0 Å². The largest absolute Gasteiger partial charge is 0.394 e. The summed E-state index contributed by atoms with van der Waals surface area (Å²) in [5.74, 6) is -0.261. The Hall–Kier alpha value is -1.59. The van der Waals surface area contributed by atoms with Crippen molar-refractivity contribution in [3.8, 4) is 0 Å². The summed E-state index contributed by atoms with van der Waals surface area (Å²) >= 11 is 0. The van der Waals surface area contributed by atoms with Crippen molar-refractivity contribution >= 4 is 11.6 Å². The molecule has 17 heavy (non-hydrogen) atoms. The predicted octanol–water partition coefficient (Wildman–Crippen LogP) is -0.164. The third kappa shape index (κ3) is 4.05. The molecule has 0 saturated carbocycles. The highest BCUT2D eigenvalue weighted by atomic mass is 16.3. The second-order valence-electron chi connectivity index (χ2n) is 3.99. The standard InChI is InChI=1S/C12H18N2O3/c1-14(2)10-5-3-9(4-6-10)12(17)13-7-11(16)8-15/h3-6,11,15-16H,7-8H2,1-2H3,(H,13,17). The van der Waals surface area contributed by atoms with Gasteiger partial charge in [0.2, 0.25) is 0 Å². The zero-order valence-corrected chi connectivity index (χ0v) is 10.1. The minimum Gasteiger partial charge on any atom is -0.394 e. The van der Waals surface area contributed by atoms with Crippen LogP contribution in [0.1, 0.15) is 10.4 Å². The Morgan fingerprint density at radius 1 is 1.35 bits per heavy atom. The van der Waals surface area contributed by atoms with Gasteiger partial charge in [-0.05, 0) is 24.3 Å². The summed E-state index contributed by atoms with van der Waals surface area (Å²) in [5, 5.41) is 20.2. The van der Waals surface area contributed by atoms with Crippen LogP contribution in [0.15, 0.2) is 24.3 Å². The summed E-state index contributed by atoms with van der Waals surface area (Å²) in [6.45, 7) is -0.315. The molecule has 0 fully saturated rings. The van der Waals surface area contributed by atoms with Gasteiger partial charge in [0.1, 0.15) is 0 Å². The van der Waals surface area contributed by atoms with Crippen LogP contribution in [-0.2, 0) is 0 Å². The number of hydrogen-bond donors (Lipinski definition) is 3. The van der Waals surface area contributed by atoms with Crippen molar-refractivity contribution in [3.05, 3.63) is 29.8 Å². The number of hydrogen-bond acceptors (Lipinski definition) is 4. The summed E-state index contributed by atoms with van der Waals surface area (Å²) in [7, 11) is 3.85. The molecule has 0 spiro atoms. The lowest BCUT2D eigenvalue weighted by atomic mass is 10.2. The Morgan fingerprint density at radius 2 is 1.94 bits per heavy atom. The molecule has 0 aliphatic heterocycles. The number of carbonyl (C=O) groups excluding carboxylic acids is 1. The van der Waals surface area contributed by atoms with Crippen LogP contribution in [0.5, 0.6) is 0 Å². The zero-order chi connectivity index (χ0) is 12.8. The highest BCUT2D eigenvalue weighted by molar-refractivity contribution is 5.94. The molecule has 5 nitrogen and oxygen atoms in total. The van der Waals surface area contributed by atoms with Crippen molar-refractivity contribution in [2.24, 2.45) is 0 Å². The van der Waals surface area contributed by atoms with E-state index in [1.54, 1.807) is 12.1 Å². The van der Waals surface area contributed by atoms with Gasteiger partial charge in [-0.3, -0.25) is 4.79 Å². The number of anilines is 1. The second-order valence-corrected chi connectivity index (χ2v) is 3.99. The summed E-state index contributed by atoms with van der Waals surface area (Å²) in [5.41, 5.74) is 1.54. The first-order valence-electron chi connectivity index (χ1n) is 5.39. The second kappa shape index (κ2) is 6.22. The van der Waals surface area contributed by atoms with Crippen molar-refractivity contribution in [2.75, 3.05) is 32.1 Å². The Kier molecular flexibility index (Phi) is 4.93. The highest BCUT2D eigenvalue weighted by Crippen LogP contribution is 2.11. The molecule has 1 amide bonds. The van der Waals surface area contributed by atoms with E-state index in [1.165, 1.54) is 0 Å². The molecule has 0 aliphatic rings. The van der Waals surface area contributed by atoms with Crippen molar-refractivity contribution in [3.63, 3.8) is 0 Å². The number of aliphatic hydroxyl groups excluding tert-OH is 2. The molecule has 1 atom stereocenters. The van der Waals surface area contributed by atoms with Crippen molar-refractivity contribution < 1.29 is 15.0 Å². The van der Waals surface area contributed by atoms with Gasteiger partial charge >= 0.3 is 0 Å². The molecule has 0 bridgehead atoms. The molecule has 1 aromatic rings. The van der Waals surface area contributed by atoms with E-state index in [4.69, 9.17) is 10.2 Å². The van der Waals surface area contributed by atoms with Crippen LogP contribution >= 0.6 is 0 Å². The first kappa shape index (κ1) is 13.5. The average molecular weight is 238 g/mol. The van der Waals surface area contributed by atoms with Crippen LogP contribution in [-0.4, -0.2) is 49.5 Å². The Balaban J connectivity index is 2.58. The molecule has 1 unspecified atom stereocenters. The fraction of sp³-hybridized carbons (Fsp3) is 0.417. The van der Waals surface area contributed by atoms with E-state index in [0.717, 1.165) is 5.69 Å². The quantitative estimate of drug-likeness (QED) is 0.666. The molecule has 0 aliphatic carbocycles. The number of amides is 1. The van der Waals surface area contributed by atoms with Crippen molar-refractivity contribution in [2.45, 2.75) is 6.10 Å². The maximum atomic E-state index is 11.6. The smallest absolute Gasteiger partial charge is 0.251 e. The SMILES string of the molecule is CN(C)c1ccc(C(=O)NCC(O)CO)cc1. The molecular formula is C12H18N2O3. The van der Waals surface area contributed by atoms with E-state index < -0.39 is 6.10 Å². The molecule has 94 valence electrons. The lowest BCUT2D eigenvalue weighted by Gasteiger charge is -2.13. The van der Waals surface area contributed by atoms with Crippen LogP contribution in [0.4, 0.5) is 5.69 Å². The first-order chi connectivity index (χ1) is 8.04. The van der Waals surface area contributed by atoms with Gasteiger partial charge in [0, 0.05) is 31.9 Å². The minimum atomic E-state index is -0.917. The van der Waals surface area contributed by atoms with Gasteiger partial charge in [0.15, 0.2) is 0 Å². The molecular weight excluding hydrogens is 220 g/mol. The van der Waals surface area contributed by atoms with Crippen LogP contribution in [0.25, 0.3) is 0 Å². The fourth-order valence-corrected chi connectivity index (χ4v) is 1.29. The summed E-state index contributed by atoms with van der Waals surface area (Å²) in [4.78, 5) is 13.6. The molecule has 0 aromatic heterocycles. The van der Waals surface area contributed by atoms with Crippen molar-refractivity contribution in [1.29, 1.82) is 0 Å². The molecule has 0 radical (unpaired) electrons. The Morgan fingerprint density at radius 3 is 2.41 bits per heavy atom. The van der Waals surface area contributed by atoms with Crippen LogP contribution in [0, 0.1) is 0 Å². The van der Waals surface area contributed by atoms with E-state index in [-0.39, 0.29) is 19.1 Å². The minimum absolute atomic E-state index is 0.0464. The fourth-order valence-electron chi connectivity index (χ4n) is 1.29. The van der Waals surface area contributed by atoms with Gasteiger partial charge in [0.25, 0.3) is 5.91 Å². The van der Waals surface area contributed by atoms with Gasteiger partial charge in [-0.25, -0.2) is 0 Å². The number of nitrogens with zero attached hydrogens (tertiary/aromatic N) is 1. The lowest BCUT2D eigenvalue weighted by molar-refractivity contribution is 0.0802. The van der Waals surface area contributed by atoms with Gasteiger partial charge in [0.05, 0.1) is 12.7 Å². The Labute approximate surface area is 101 Å². The van der Waals surface area contributed by atoms with E-state index in [9.17, 15) is 4.79 Å². The van der Waals surface area contributed by atoms with Gasteiger partial charge in [-0.1, -0.05) is 0 Å². The predicted molar refractivity (Wildman–Crippen MR) is 66.2 cm³/mol. The number of carbonyl (C=O) groups is 1. The summed E-state index contributed by atoms with van der Waals surface area (Å²) in [6.07, 6.45) is -0.917. The number of aliphatic hydroxyl groups is 2. The van der Waals surface area contributed by atoms with Crippen LogP contribution in [0.2, 0.25) is 0 Å². The van der Waals surface area contributed by atoms with E-state index in [2.05, 4.69) is 5.32 Å². The van der Waals surface area contributed by atoms with E-state index in [0.29, 0.717) is 5.56 Å². The zero-order valence-electron chi connectivity index (χ0n) is 10.1. The third-order valence-electron chi connectivity index (χ3n) is 2.35. The molecule has 0 saturated heterocycles.